The average Bonchev–Trinajstić information content (AvgIpc) is 3.33. The third-order valence-corrected chi connectivity index (χ3v) is 6.95. The quantitative estimate of drug-likeness (QED) is 0.311. The number of rotatable bonds is 9. The summed E-state index contributed by atoms with van der Waals surface area (Å²) in [7, 11) is 0. The molecule has 0 aromatic carbocycles. The average molecular weight is 422 g/mol. The normalized spacial score (nSPS) is 11.2. The van der Waals surface area contributed by atoms with Crippen molar-refractivity contribution in [2.45, 2.75) is 44.8 Å². The van der Waals surface area contributed by atoms with Crippen molar-refractivity contribution in [2.75, 3.05) is 12.3 Å². The number of amides is 1. The van der Waals surface area contributed by atoms with E-state index in [1.54, 1.807) is 15.9 Å². The van der Waals surface area contributed by atoms with E-state index in [0.29, 0.717) is 23.6 Å². The Labute approximate surface area is 170 Å². The molecule has 0 aliphatic heterocycles. The van der Waals surface area contributed by atoms with Crippen molar-refractivity contribution in [3.05, 3.63) is 33.2 Å². The molecule has 0 spiro atoms. The van der Waals surface area contributed by atoms with Gasteiger partial charge in [-0.2, -0.15) is 0 Å². The molecule has 3 aromatic rings. The molecule has 0 saturated carbocycles. The van der Waals surface area contributed by atoms with Crippen molar-refractivity contribution < 1.29 is 4.79 Å². The maximum Gasteiger partial charge on any atom is 0.263 e. The number of fused-ring (bicyclic) bond motifs is 1. The van der Waals surface area contributed by atoms with E-state index in [1.807, 2.05) is 29.8 Å². The maximum absolute atomic E-state index is 13.1. The first-order valence-corrected chi connectivity index (χ1v) is 11.9. The third kappa shape index (κ3) is 4.62. The van der Waals surface area contributed by atoms with Gasteiger partial charge in [-0.3, -0.25) is 14.2 Å². The van der Waals surface area contributed by atoms with Crippen LogP contribution in [0.25, 0.3) is 20.7 Å². The molecular formula is C19H23N3O2S3. The summed E-state index contributed by atoms with van der Waals surface area (Å²) in [6, 6.07) is 4.01. The fraction of sp³-hybridized carbons (Fsp3) is 0.421. The zero-order valence-corrected chi connectivity index (χ0v) is 17.9. The number of hydrogen-bond donors (Lipinski definition) is 1. The number of nitrogens with one attached hydrogen (secondary N) is 1. The molecule has 0 radical (unpaired) electrons. The Morgan fingerprint density at radius 1 is 1.30 bits per heavy atom. The van der Waals surface area contributed by atoms with Gasteiger partial charge in [0.1, 0.15) is 4.83 Å². The molecular weight excluding hydrogens is 398 g/mol. The van der Waals surface area contributed by atoms with Gasteiger partial charge in [-0.15, -0.1) is 22.7 Å². The molecule has 8 heteroatoms. The topological polar surface area (TPSA) is 64.0 Å². The molecule has 0 fully saturated rings. The first-order chi connectivity index (χ1) is 13.2. The highest BCUT2D eigenvalue weighted by molar-refractivity contribution is 7.99. The highest BCUT2D eigenvalue weighted by atomic mass is 32.2. The highest BCUT2D eigenvalue weighted by Gasteiger charge is 2.17. The first kappa shape index (κ1) is 20.1. The number of nitrogens with zero attached hydrogens (tertiary/aromatic N) is 2. The Kier molecular flexibility index (Phi) is 7.09. The highest BCUT2D eigenvalue weighted by Crippen LogP contribution is 2.34. The van der Waals surface area contributed by atoms with Gasteiger partial charge in [-0.05, 0) is 24.8 Å². The van der Waals surface area contributed by atoms with Crippen molar-refractivity contribution in [3.63, 3.8) is 0 Å². The van der Waals surface area contributed by atoms with Crippen LogP contribution in [0.2, 0.25) is 0 Å². The van der Waals surface area contributed by atoms with Gasteiger partial charge in [0.2, 0.25) is 5.91 Å². The van der Waals surface area contributed by atoms with Gasteiger partial charge in [0, 0.05) is 28.9 Å². The van der Waals surface area contributed by atoms with E-state index in [9.17, 15) is 9.59 Å². The fourth-order valence-electron chi connectivity index (χ4n) is 2.79. The van der Waals surface area contributed by atoms with Gasteiger partial charge in [0.25, 0.3) is 5.56 Å². The predicted molar refractivity (Wildman–Crippen MR) is 116 cm³/mol. The second kappa shape index (κ2) is 9.52. The van der Waals surface area contributed by atoms with Crippen LogP contribution in [0.3, 0.4) is 0 Å². The van der Waals surface area contributed by atoms with Gasteiger partial charge in [-0.25, -0.2) is 4.98 Å². The van der Waals surface area contributed by atoms with E-state index in [2.05, 4.69) is 17.2 Å². The number of thiophene rings is 2. The minimum absolute atomic E-state index is 0.0152. The molecule has 0 bridgehead atoms. The fourth-order valence-corrected chi connectivity index (χ4v) is 5.49. The lowest BCUT2D eigenvalue weighted by molar-refractivity contribution is -0.118. The first-order valence-electron chi connectivity index (χ1n) is 9.11. The van der Waals surface area contributed by atoms with Crippen molar-refractivity contribution in [2.24, 2.45) is 0 Å². The third-order valence-electron chi connectivity index (χ3n) is 4.20. The van der Waals surface area contributed by atoms with Crippen LogP contribution in [0.5, 0.6) is 0 Å². The number of carbonyl (C=O) groups excluding carboxylic acids is 1. The summed E-state index contributed by atoms with van der Waals surface area (Å²) in [4.78, 5) is 31.6. The Bertz CT molecular complexity index is 961. The van der Waals surface area contributed by atoms with E-state index < -0.39 is 0 Å². The lowest BCUT2D eigenvalue weighted by Gasteiger charge is -2.10. The number of carbonyl (C=O) groups is 1. The Balaban J connectivity index is 1.80. The smallest absolute Gasteiger partial charge is 0.263 e. The van der Waals surface area contributed by atoms with E-state index in [4.69, 9.17) is 0 Å². The van der Waals surface area contributed by atoms with Crippen LogP contribution in [-0.2, 0) is 11.3 Å². The van der Waals surface area contributed by atoms with Gasteiger partial charge < -0.3 is 5.32 Å². The Morgan fingerprint density at radius 3 is 2.85 bits per heavy atom. The number of unbranched alkanes of at least 4 members (excludes halogenated alkanes) is 2. The van der Waals surface area contributed by atoms with Crippen LogP contribution >= 0.6 is 34.4 Å². The molecule has 0 unspecified atom stereocenters. The van der Waals surface area contributed by atoms with Crippen LogP contribution in [0.1, 0.15) is 33.1 Å². The van der Waals surface area contributed by atoms with Crippen LogP contribution in [0.15, 0.2) is 32.8 Å². The molecule has 0 aliphatic rings. The van der Waals surface area contributed by atoms with Gasteiger partial charge >= 0.3 is 0 Å². The molecule has 27 heavy (non-hydrogen) atoms. The lowest BCUT2D eigenvalue weighted by Crippen LogP contribution is -2.27. The van der Waals surface area contributed by atoms with E-state index >= 15 is 0 Å². The van der Waals surface area contributed by atoms with Crippen LogP contribution in [0.4, 0.5) is 0 Å². The number of aromatic nitrogens is 2. The molecule has 3 heterocycles. The van der Waals surface area contributed by atoms with E-state index in [-0.39, 0.29) is 17.2 Å². The van der Waals surface area contributed by atoms with Crippen molar-refractivity contribution in [3.8, 4) is 10.4 Å². The Hall–Kier alpha value is -1.64. The van der Waals surface area contributed by atoms with Gasteiger partial charge in [0.05, 0.1) is 11.1 Å². The Morgan fingerprint density at radius 2 is 2.15 bits per heavy atom. The molecule has 0 saturated heterocycles. The molecule has 5 nitrogen and oxygen atoms in total. The van der Waals surface area contributed by atoms with E-state index in [1.165, 1.54) is 23.1 Å². The van der Waals surface area contributed by atoms with Gasteiger partial charge in [-0.1, -0.05) is 37.6 Å². The lowest BCUT2D eigenvalue weighted by atomic mass is 10.2. The van der Waals surface area contributed by atoms with Crippen LogP contribution in [-0.4, -0.2) is 27.8 Å². The summed E-state index contributed by atoms with van der Waals surface area (Å²) < 4.78 is 1.67. The zero-order valence-electron chi connectivity index (χ0n) is 15.5. The minimum atomic E-state index is -0.0296. The van der Waals surface area contributed by atoms with Gasteiger partial charge in [0.15, 0.2) is 5.16 Å². The molecule has 0 atom stereocenters. The molecule has 1 N–H and O–H groups in total. The monoisotopic (exact) mass is 421 g/mol. The molecule has 0 aliphatic carbocycles. The summed E-state index contributed by atoms with van der Waals surface area (Å²) in [5.74, 6) is 0.256. The number of thioether (sulfide) groups is 1. The van der Waals surface area contributed by atoms with Crippen LogP contribution < -0.4 is 10.9 Å². The molecule has 3 rings (SSSR count). The zero-order chi connectivity index (χ0) is 19.2. The second-order valence-corrected chi connectivity index (χ2v) is 8.84. The summed E-state index contributed by atoms with van der Waals surface area (Å²) >= 11 is 4.43. The van der Waals surface area contributed by atoms with E-state index in [0.717, 1.165) is 34.5 Å². The standard InChI is InChI=1S/C19H23N3O2S3/c1-3-5-6-9-20-15(23)12-27-19-21-17-16(18(24)22(19)4-2)13(11-26-17)14-8-7-10-25-14/h7-8,10-11H,3-6,9,12H2,1-2H3,(H,20,23). The summed E-state index contributed by atoms with van der Waals surface area (Å²) in [6.45, 7) is 5.30. The second-order valence-electron chi connectivity index (χ2n) is 6.10. The van der Waals surface area contributed by atoms with Crippen molar-refractivity contribution >= 4 is 50.6 Å². The predicted octanol–water partition coefficient (Wildman–Crippen LogP) is 4.60. The van der Waals surface area contributed by atoms with Crippen LogP contribution in [0, 0.1) is 0 Å². The summed E-state index contributed by atoms with van der Waals surface area (Å²) in [5, 5.41) is 8.22. The maximum atomic E-state index is 13.1. The largest absolute Gasteiger partial charge is 0.355 e. The SMILES string of the molecule is CCCCCNC(=O)CSc1nc2scc(-c3cccs3)c2c(=O)n1CC. The number of hydrogen-bond acceptors (Lipinski definition) is 6. The molecule has 144 valence electrons. The molecule has 3 aromatic heterocycles. The summed E-state index contributed by atoms with van der Waals surface area (Å²) in [6.07, 6.45) is 3.25. The molecule has 1 amide bonds. The van der Waals surface area contributed by atoms with Crippen molar-refractivity contribution in [1.82, 2.24) is 14.9 Å². The minimum Gasteiger partial charge on any atom is -0.355 e. The van der Waals surface area contributed by atoms with Crippen molar-refractivity contribution in [1.29, 1.82) is 0 Å². The summed E-state index contributed by atoms with van der Waals surface area (Å²) in [5.41, 5.74) is 0.924.